The van der Waals surface area contributed by atoms with E-state index in [1.54, 1.807) is 6.33 Å². The number of allylic oxidation sites excluding steroid dienone is 1. The third kappa shape index (κ3) is 4.33. The Morgan fingerprint density at radius 1 is 1.44 bits per heavy atom. The molecule has 0 unspecified atom stereocenters. The van der Waals surface area contributed by atoms with Crippen molar-refractivity contribution in [2.45, 2.75) is 40.7 Å². The van der Waals surface area contributed by atoms with E-state index in [2.05, 4.69) is 34.6 Å². The first-order chi connectivity index (χ1) is 8.54. The van der Waals surface area contributed by atoms with Crippen LogP contribution in [0.3, 0.4) is 0 Å². The van der Waals surface area contributed by atoms with Crippen LogP contribution in [-0.4, -0.2) is 22.6 Å². The fraction of sp³-hybridized carbons (Fsp3) is 0.538. The van der Waals surface area contributed by atoms with E-state index in [9.17, 15) is 0 Å². The normalized spacial score (nSPS) is 11.8. The summed E-state index contributed by atoms with van der Waals surface area (Å²) in [5.41, 5.74) is 4.69. The summed E-state index contributed by atoms with van der Waals surface area (Å²) >= 11 is 0. The molecule has 0 aliphatic heterocycles. The molecule has 0 fully saturated rings. The molecular formula is C13H22N4O. The fourth-order valence-corrected chi connectivity index (χ4v) is 1.44. The molecule has 0 aromatic carbocycles. The molecule has 0 aliphatic rings. The maximum absolute atomic E-state index is 5.30. The van der Waals surface area contributed by atoms with Crippen LogP contribution >= 0.6 is 0 Å². The number of hydroxylamine groups is 1. The number of aromatic nitrogens is 2. The van der Waals surface area contributed by atoms with E-state index in [0.29, 0.717) is 6.04 Å². The van der Waals surface area contributed by atoms with Gasteiger partial charge >= 0.3 is 0 Å². The highest BCUT2D eigenvalue weighted by Gasteiger charge is 2.06. The molecule has 0 atom stereocenters. The van der Waals surface area contributed by atoms with E-state index in [4.69, 9.17) is 4.84 Å². The highest BCUT2D eigenvalue weighted by molar-refractivity contribution is 5.58. The van der Waals surface area contributed by atoms with Crippen LogP contribution in [-0.2, 0) is 4.84 Å². The van der Waals surface area contributed by atoms with Gasteiger partial charge in [-0.25, -0.2) is 9.97 Å². The summed E-state index contributed by atoms with van der Waals surface area (Å²) in [6.45, 7) is 10.8. The first kappa shape index (κ1) is 14.4. The molecule has 100 valence electrons. The third-order valence-electron chi connectivity index (χ3n) is 2.27. The fourth-order valence-electron chi connectivity index (χ4n) is 1.44. The Morgan fingerprint density at radius 2 is 2.17 bits per heavy atom. The van der Waals surface area contributed by atoms with Gasteiger partial charge in [0.2, 0.25) is 0 Å². The summed E-state index contributed by atoms with van der Waals surface area (Å²) in [5.74, 6) is 1.64. The van der Waals surface area contributed by atoms with Crippen LogP contribution in [0.1, 0.15) is 39.0 Å². The van der Waals surface area contributed by atoms with Crippen LogP contribution in [0.4, 0.5) is 5.82 Å². The Morgan fingerprint density at radius 3 is 2.78 bits per heavy atom. The van der Waals surface area contributed by atoms with Crippen molar-refractivity contribution in [2.75, 3.05) is 11.9 Å². The number of hydrogen-bond donors (Lipinski definition) is 2. The zero-order valence-corrected chi connectivity index (χ0v) is 11.7. The first-order valence-electron chi connectivity index (χ1n) is 6.20. The monoisotopic (exact) mass is 250 g/mol. The van der Waals surface area contributed by atoms with Crippen LogP contribution in [0.2, 0.25) is 0 Å². The molecule has 1 rings (SSSR count). The van der Waals surface area contributed by atoms with E-state index in [0.717, 1.165) is 29.4 Å². The van der Waals surface area contributed by atoms with Crippen molar-refractivity contribution in [3.05, 3.63) is 23.3 Å². The number of rotatable bonds is 6. The second-order valence-corrected chi connectivity index (χ2v) is 4.39. The molecule has 0 bridgehead atoms. The van der Waals surface area contributed by atoms with Gasteiger partial charge in [-0.1, -0.05) is 0 Å². The Labute approximate surface area is 109 Å². The lowest BCUT2D eigenvalue weighted by atomic mass is 10.2. The molecule has 0 amide bonds. The predicted octanol–water partition coefficient (Wildman–Crippen LogP) is 2.51. The van der Waals surface area contributed by atoms with Gasteiger partial charge < -0.3 is 10.2 Å². The van der Waals surface area contributed by atoms with Gasteiger partial charge in [0, 0.05) is 24.2 Å². The Bertz CT molecular complexity index is 415. The third-order valence-corrected chi connectivity index (χ3v) is 2.27. The Hall–Kier alpha value is -1.62. The molecule has 1 aromatic rings. The van der Waals surface area contributed by atoms with E-state index in [1.165, 1.54) is 0 Å². The molecule has 5 nitrogen and oxygen atoms in total. The number of nitrogens with one attached hydrogen (secondary N) is 2. The van der Waals surface area contributed by atoms with Crippen molar-refractivity contribution >= 4 is 11.9 Å². The Kier molecular flexibility index (Phi) is 5.58. The molecule has 2 N–H and O–H groups in total. The molecule has 0 spiro atoms. The summed E-state index contributed by atoms with van der Waals surface area (Å²) in [6.07, 6.45) is 3.45. The molecule has 1 aromatic heterocycles. The van der Waals surface area contributed by atoms with Crippen LogP contribution in [0.5, 0.6) is 0 Å². The lowest BCUT2D eigenvalue weighted by Crippen LogP contribution is -2.13. The van der Waals surface area contributed by atoms with Gasteiger partial charge in [-0.05, 0) is 34.6 Å². The van der Waals surface area contributed by atoms with Crippen molar-refractivity contribution in [1.82, 2.24) is 15.4 Å². The minimum absolute atomic E-state index is 0.342. The van der Waals surface area contributed by atoms with Crippen molar-refractivity contribution in [1.29, 1.82) is 0 Å². The smallest absolute Gasteiger partial charge is 0.133 e. The van der Waals surface area contributed by atoms with Crippen LogP contribution in [0.15, 0.2) is 12.1 Å². The number of hydrogen-bond acceptors (Lipinski definition) is 5. The summed E-state index contributed by atoms with van der Waals surface area (Å²) in [4.78, 5) is 13.8. The number of anilines is 1. The summed E-state index contributed by atoms with van der Waals surface area (Å²) in [5, 5.41) is 3.29. The van der Waals surface area contributed by atoms with Gasteiger partial charge in [-0.2, -0.15) is 5.48 Å². The maximum atomic E-state index is 5.30. The Balaban J connectivity index is 2.89. The van der Waals surface area contributed by atoms with Gasteiger partial charge in [0.05, 0.1) is 5.69 Å². The van der Waals surface area contributed by atoms with Crippen LogP contribution in [0, 0.1) is 6.92 Å². The van der Waals surface area contributed by atoms with Gasteiger partial charge in [-0.15, -0.1) is 0 Å². The van der Waals surface area contributed by atoms with E-state index < -0.39 is 0 Å². The van der Waals surface area contributed by atoms with E-state index >= 15 is 0 Å². The summed E-state index contributed by atoms with van der Waals surface area (Å²) < 4.78 is 0. The topological polar surface area (TPSA) is 59.1 Å². The molecule has 5 heteroatoms. The predicted molar refractivity (Wildman–Crippen MR) is 73.9 cm³/mol. The zero-order chi connectivity index (χ0) is 13.5. The maximum Gasteiger partial charge on any atom is 0.133 e. The molecule has 0 radical (unpaired) electrons. The van der Waals surface area contributed by atoms with Crippen molar-refractivity contribution in [3.63, 3.8) is 0 Å². The minimum atomic E-state index is 0.342. The van der Waals surface area contributed by atoms with E-state index in [-0.39, 0.29) is 0 Å². The zero-order valence-electron chi connectivity index (χ0n) is 11.7. The average molecular weight is 250 g/mol. The van der Waals surface area contributed by atoms with Crippen LogP contribution in [0.25, 0.3) is 6.08 Å². The SMILES string of the molecule is CCNO/C(C)=C/c1ncnc(NC(C)C)c1C. The molecule has 0 saturated carbocycles. The van der Waals surface area contributed by atoms with Crippen molar-refractivity contribution in [3.8, 4) is 0 Å². The highest BCUT2D eigenvalue weighted by atomic mass is 16.6. The highest BCUT2D eigenvalue weighted by Crippen LogP contribution is 2.17. The largest absolute Gasteiger partial charge is 0.413 e. The lowest BCUT2D eigenvalue weighted by Gasteiger charge is -2.12. The van der Waals surface area contributed by atoms with Crippen molar-refractivity contribution < 1.29 is 4.84 Å². The lowest BCUT2D eigenvalue weighted by molar-refractivity contribution is 0.114. The van der Waals surface area contributed by atoms with Crippen LogP contribution < -0.4 is 10.8 Å². The minimum Gasteiger partial charge on any atom is -0.413 e. The van der Waals surface area contributed by atoms with Gasteiger partial charge in [0.25, 0.3) is 0 Å². The molecule has 0 aliphatic carbocycles. The second-order valence-electron chi connectivity index (χ2n) is 4.39. The summed E-state index contributed by atoms with van der Waals surface area (Å²) in [7, 11) is 0. The quantitative estimate of drug-likeness (QED) is 0.600. The average Bonchev–Trinajstić information content (AvgIpc) is 2.31. The molecular weight excluding hydrogens is 228 g/mol. The van der Waals surface area contributed by atoms with Crippen molar-refractivity contribution in [2.24, 2.45) is 0 Å². The second kappa shape index (κ2) is 6.96. The standard InChI is InChI=1S/C13H22N4O/c1-6-16-18-10(4)7-12-11(5)13(15-8-14-12)17-9(2)3/h7-9,16H,6H2,1-5H3,(H,14,15,17)/b10-7+. The van der Waals surface area contributed by atoms with Gasteiger partial charge in [-0.3, -0.25) is 0 Å². The molecule has 0 saturated heterocycles. The van der Waals surface area contributed by atoms with E-state index in [1.807, 2.05) is 26.8 Å². The first-order valence-corrected chi connectivity index (χ1v) is 6.20. The molecule has 18 heavy (non-hydrogen) atoms. The summed E-state index contributed by atoms with van der Waals surface area (Å²) in [6, 6.07) is 0.342. The van der Waals surface area contributed by atoms with Gasteiger partial charge in [0.1, 0.15) is 17.9 Å². The molecule has 1 heterocycles. The van der Waals surface area contributed by atoms with Gasteiger partial charge in [0.15, 0.2) is 0 Å². The number of nitrogens with zero attached hydrogens (tertiary/aromatic N) is 2.